The maximum absolute atomic E-state index is 8.66. The first kappa shape index (κ1) is 13.1. The molecule has 0 bridgehead atoms. The van der Waals surface area contributed by atoms with Crippen LogP contribution >= 0.6 is 11.8 Å². The lowest BCUT2D eigenvalue weighted by molar-refractivity contribution is 0.679. The van der Waals surface area contributed by atoms with Crippen molar-refractivity contribution in [1.82, 2.24) is 5.32 Å². The van der Waals surface area contributed by atoms with Crippen LogP contribution in [0.5, 0.6) is 0 Å². The van der Waals surface area contributed by atoms with Gasteiger partial charge in [-0.15, -0.1) is 0 Å². The smallest absolute Gasteiger partial charge is 0.0991 e. The fourth-order valence-corrected chi connectivity index (χ4v) is 2.01. The van der Waals surface area contributed by atoms with E-state index in [0.717, 1.165) is 18.7 Å². The molecular formula is C13H18N2S. The molecule has 0 aliphatic heterocycles. The van der Waals surface area contributed by atoms with Crippen LogP contribution in [0.4, 0.5) is 0 Å². The van der Waals surface area contributed by atoms with Crippen LogP contribution in [0.15, 0.2) is 24.3 Å². The third-order valence-electron chi connectivity index (χ3n) is 2.26. The van der Waals surface area contributed by atoms with E-state index in [1.807, 2.05) is 36.0 Å². The Labute approximate surface area is 102 Å². The van der Waals surface area contributed by atoms with E-state index in [0.29, 0.717) is 0 Å². The second kappa shape index (κ2) is 8.20. The maximum atomic E-state index is 8.66. The Kier molecular flexibility index (Phi) is 6.71. The highest BCUT2D eigenvalue weighted by Crippen LogP contribution is 2.03. The molecule has 0 radical (unpaired) electrons. The van der Waals surface area contributed by atoms with E-state index in [4.69, 9.17) is 5.26 Å². The van der Waals surface area contributed by atoms with Gasteiger partial charge in [0.15, 0.2) is 0 Å². The van der Waals surface area contributed by atoms with Crippen LogP contribution in [0.25, 0.3) is 0 Å². The maximum Gasteiger partial charge on any atom is 0.0991 e. The molecule has 0 atom stereocenters. The summed E-state index contributed by atoms with van der Waals surface area (Å²) in [6.07, 6.45) is 1.22. The molecule has 86 valence electrons. The Morgan fingerprint density at radius 1 is 1.31 bits per heavy atom. The fourth-order valence-electron chi connectivity index (χ4n) is 1.37. The molecule has 0 saturated heterocycles. The van der Waals surface area contributed by atoms with Crippen molar-refractivity contribution in [2.24, 2.45) is 0 Å². The van der Waals surface area contributed by atoms with E-state index in [2.05, 4.69) is 18.3 Å². The van der Waals surface area contributed by atoms with Gasteiger partial charge in [-0.2, -0.15) is 17.0 Å². The van der Waals surface area contributed by atoms with Crippen LogP contribution in [0.2, 0.25) is 0 Å². The first-order valence-electron chi connectivity index (χ1n) is 5.64. The molecule has 16 heavy (non-hydrogen) atoms. The highest BCUT2D eigenvalue weighted by molar-refractivity contribution is 7.99. The lowest BCUT2D eigenvalue weighted by Gasteiger charge is -2.04. The molecule has 0 saturated carbocycles. The molecule has 1 aromatic carbocycles. The largest absolute Gasteiger partial charge is 0.313 e. The highest BCUT2D eigenvalue weighted by Gasteiger charge is 1.93. The van der Waals surface area contributed by atoms with Gasteiger partial charge in [0.05, 0.1) is 11.6 Å². The average Bonchev–Trinajstić information content (AvgIpc) is 2.34. The molecule has 0 fully saturated rings. The zero-order chi connectivity index (χ0) is 11.6. The van der Waals surface area contributed by atoms with Gasteiger partial charge < -0.3 is 5.32 Å². The molecule has 1 aromatic rings. The van der Waals surface area contributed by atoms with Gasteiger partial charge in [0, 0.05) is 6.54 Å². The van der Waals surface area contributed by atoms with Gasteiger partial charge in [-0.1, -0.05) is 19.1 Å². The van der Waals surface area contributed by atoms with E-state index < -0.39 is 0 Å². The van der Waals surface area contributed by atoms with Gasteiger partial charge in [0.1, 0.15) is 0 Å². The number of rotatable bonds is 7. The number of hydrogen-bond acceptors (Lipinski definition) is 3. The SMILES string of the molecule is CCSCCCNCc1ccc(C#N)cc1. The summed E-state index contributed by atoms with van der Waals surface area (Å²) in [6, 6.07) is 9.86. The third-order valence-corrected chi connectivity index (χ3v) is 3.24. The van der Waals surface area contributed by atoms with Crippen molar-refractivity contribution < 1.29 is 0 Å². The van der Waals surface area contributed by atoms with Crippen molar-refractivity contribution in [1.29, 1.82) is 5.26 Å². The van der Waals surface area contributed by atoms with Crippen LogP contribution in [0.3, 0.4) is 0 Å². The number of hydrogen-bond donors (Lipinski definition) is 1. The number of nitrogens with one attached hydrogen (secondary N) is 1. The summed E-state index contributed by atoms with van der Waals surface area (Å²) < 4.78 is 0. The van der Waals surface area contributed by atoms with E-state index in [1.54, 1.807) is 0 Å². The molecule has 3 heteroatoms. The molecule has 0 aliphatic rings. The van der Waals surface area contributed by atoms with Gasteiger partial charge >= 0.3 is 0 Å². The summed E-state index contributed by atoms with van der Waals surface area (Å²) in [6.45, 7) is 4.14. The van der Waals surface area contributed by atoms with Crippen LogP contribution in [0, 0.1) is 11.3 Å². The molecular weight excluding hydrogens is 216 g/mol. The average molecular weight is 234 g/mol. The zero-order valence-corrected chi connectivity index (χ0v) is 10.5. The summed E-state index contributed by atoms with van der Waals surface area (Å²) in [7, 11) is 0. The Balaban J connectivity index is 2.15. The van der Waals surface area contributed by atoms with Crippen LogP contribution < -0.4 is 5.32 Å². The second-order valence-corrected chi connectivity index (χ2v) is 4.93. The zero-order valence-electron chi connectivity index (χ0n) is 9.70. The fraction of sp³-hybridized carbons (Fsp3) is 0.462. The van der Waals surface area contributed by atoms with Gasteiger partial charge in [-0.3, -0.25) is 0 Å². The Bertz CT molecular complexity index is 327. The molecule has 1 N–H and O–H groups in total. The quantitative estimate of drug-likeness (QED) is 0.737. The summed E-state index contributed by atoms with van der Waals surface area (Å²) in [4.78, 5) is 0. The minimum atomic E-state index is 0.725. The van der Waals surface area contributed by atoms with Gasteiger partial charge in [0.2, 0.25) is 0 Å². The van der Waals surface area contributed by atoms with E-state index in [1.165, 1.54) is 23.5 Å². The molecule has 0 amide bonds. The normalized spacial score (nSPS) is 10.0. The van der Waals surface area contributed by atoms with Crippen molar-refractivity contribution in [3.8, 4) is 6.07 Å². The minimum Gasteiger partial charge on any atom is -0.313 e. The summed E-state index contributed by atoms with van der Waals surface area (Å²) in [5.74, 6) is 2.44. The number of nitriles is 1. The molecule has 0 aliphatic carbocycles. The third kappa shape index (κ3) is 5.20. The molecule has 0 heterocycles. The van der Waals surface area contributed by atoms with Gasteiger partial charge in [-0.25, -0.2) is 0 Å². The number of benzene rings is 1. The van der Waals surface area contributed by atoms with Crippen molar-refractivity contribution in [3.05, 3.63) is 35.4 Å². The minimum absolute atomic E-state index is 0.725. The van der Waals surface area contributed by atoms with Crippen molar-refractivity contribution in [2.45, 2.75) is 19.9 Å². The lowest BCUT2D eigenvalue weighted by Crippen LogP contribution is -2.15. The van der Waals surface area contributed by atoms with Gasteiger partial charge in [0.25, 0.3) is 0 Å². The summed E-state index contributed by atoms with van der Waals surface area (Å²) in [5.41, 5.74) is 1.96. The summed E-state index contributed by atoms with van der Waals surface area (Å²) in [5, 5.41) is 12.1. The number of thioether (sulfide) groups is 1. The predicted octanol–water partition coefficient (Wildman–Crippen LogP) is 2.79. The first-order valence-corrected chi connectivity index (χ1v) is 6.79. The number of nitrogens with zero attached hydrogens (tertiary/aromatic N) is 1. The standard InChI is InChI=1S/C13H18N2S/c1-2-16-9-3-8-15-11-13-6-4-12(10-14)5-7-13/h4-7,15H,2-3,8-9,11H2,1H3. The van der Waals surface area contributed by atoms with E-state index >= 15 is 0 Å². The molecule has 0 aromatic heterocycles. The lowest BCUT2D eigenvalue weighted by atomic mass is 10.1. The van der Waals surface area contributed by atoms with E-state index in [-0.39, 0.29) is 0 Å². The van der Waals surface area contributed by atoms with Crippen LogP contribution in [-0.2, 0) is 6.54 Å². The first-order chi connectivity index (χ1) is 7.86. The van der Waals surface area contributed by atoms with Crippen molar-refractivity contribution >= 4 is 11.8 Å². The summed E-state index contributed by atoms with van der Waals surface area (Å²) >= 11 is 1.98. The topological polar surface area (TPSA) is 35.8 Å². The van der Waals surface area contributed by atoms with Gasteiger partial charge in [-0.05, 0) is 42.2 Å². The molecule has 0 spiro atoms. The second-order valence-electron chi connectivity index (χ2n) is 3.54. The van der Waals surface area contributed by atoms with Crippen molar-refractivity contribution in [3.63, 3.8) is 0 Å². The highest BCUT2D eigenvalue weighted by atomic mass is 32.2. The van der Waals surface area contributed by atoms with E-state index in [9.17, 15) is 0 Å². The van der Waals surface area contributed by atoms with Crippen LogP contribution in [0.1, 0.15) is 24.5 Å². The monoisotopic (exact) mass is 234 g/mol. The van der Waals surface area contributed by atoms with Crippen molar-refractivity contribution in [2.75, 3.05) is 18.1 Å². The molecule has 0 unspecified atom stereocenters. The Morgan fingerprint density at radius 3 is 2.69 bits per heavy atom. The predicted molar refractivity (Wildman–Crippen MR) is 70.5 cm³/mol. The Hall–Kier alpha value is -0.980. The molecule has 1 rings (SSSR count). The Morgan fingerprint density at radius 2 is 2.06 bits per heavy atom. The van der Waals surface area contributed by atoms with Crippen LogP contribution in [-0.4, -0.2) is 18.1 Å². The molecule has 2 nitrogen and oxygen atoms in total.